The molecule has 0 aromatic heterocycles. The molecule has 0 aliphatic rings. The minimum Gasteiger partial charge on any atom is -0.467 e. The number of esters is 1. The maximum Gasteiger partial charge on any atom is 0.345 e. The number of hydrogen-bond acceptors (Lipinski definition) is 4. The highest BCUT2D eigenvalue weighted by molar-refractivity contribution is 9.10. The van der Waals surface area contributed by atoms with Crippen molar-refractivity contribution in [3.63, 3.8) is 0 Å². The fourth-order valence-corrected chi connectivity index (χ4v) is 2.39. The number of aliphatic hydroxyl groups is 2. The van der Waals surface area contributed by atoms with Crippen LogP contribution >= 0.6 is 15.9 Å². The topological polar surface area (TPSA) is 66.8 Å². The Balaban J connectivity index is 2.50. The van der Waals surface area contributed by atoms with E-state index in [0.717, 1.165) is 4.47 Å². The van der Waals surface area contributed by atoms with Gasteiger partial charge in [-0.1, -0.05) is 58.4 Å². The Morgan fingerprint density at radius 2 is 1.71 bits per heavy atom. The van der Waals surface area contributed by atoms with Gasteiger partial charge in [0, 0.05) is 4.47 Å². The van der Waals surface area contributed by atoms with Crippen molar-refractivity contribution < 1.29 is 19.7 Å². The lowest BCUT2D eigenvalue weighted by atomic mass is 9.84. The minimum atomic E-state index is -2.16. The third-order valence-corrected chi connectivity index (χ3v) is 3.82. The zero-order valence-electron chi connectivity index (χ0n) is 11.4. The Kier molecular flexibility index (Phi) is 4.77. The molecule has 4 nitrogen and oxygen atoms in total. The van der Waals surface area contributed by atoms with E-state index in [9.17, 15) is 15.0 Å². The molecule has 0 spiro atoms. The lowest BCUT2D eigenvalue weighted by Crippen LogP contribution is -2.42. The Labute approximate surface area is 131 Å². The summed E-state index contributed by atoms with van der Waals surface area (Å²) >= 11 is 3.30. The van der Waals surface area contributed by atoms with Gasteiger partial charge in [-0.3, -0.25) is 0 Å². The fraction of sp³-hybridized carbons (Fsp3) is 0.188. The average Bonchev–Trinajstić information content (AvgIpc) is 2.54. The SMILES string of the molecule is COC(=O)[C@@](O)(c1ccccc1)[C@H](O)c1ccc(Br)cc1. The summed E-state index contributed by atoms with van der Waals surface area (Å²) in [5.74, 6) is -0.913. The van der Waals surface area contributed by atoms with Crippen LogP contribution in [0.4, 0.5) is 0 Å². The molecular formula is C16H15BrO4. The van der Waals surface area contributed by atoms with E-state index < -0.39 is 17.7 Å². The van der Waals surface area contributed by atoms with Crippen molar-refractivity contribution in [2.45, 2.75) is 11.7 Å². The number of benzene rings is 2. The first kappa shape index (κ1) is 15.7. The Morgan fingerprint density at radius 3 is 2.24 bits per heavy atom. The quantitative estimate of drug-likeness (QED) is 0.831. The summed E-state index contributed by atoms with van der Waals surface area (Å²) in [6, 6.07) is 15.0. The molecule has 110 valence electrons. The van der Waals surface area contributed by atoms with Crippen LogP contribution in [0.3, 0.4) is 0 Å². The Hall–Kier alpha value is -1.69. The van der Waals surface area contributed by atoms with Crippen LogP contribution in [-0.4, -0.2) is 23.3 Å². The first-order valence-corrected chi connectivity index (χ1v) is 7.09. The largest absolute Gasteiger partial charge is 0.467 e. The number of aliphatic hydroxyl groups excluding tert-OH is 1. The molecule has 0 saturated carbocycles. The van der Waals surface area contributed by atoms with E-state index in [1.807, 2.05) is 0 Å². The zero-order chi connectivity index (χ0) is 15.5. The third-order valence-electron chi connectivity index (χ3n) is 3.29. The Bertz CT molecular complexity index is 612. The second-order valence-corrected chi connectivity index (χ2v) is 5.49. The van der Waals surface area contributed by atoms with Crippen molar-refractivity contribution >= 4 is 21.9 Å². The predicted molar refractivity (Wildman–Crippen MR) is 81.5 cm³/mol. The normalized spacial score (nSPS) is 15.0. The molecule has 2 aromatic carbocycles. The molecule has 0 unspecified atom stereocenters. The van der Waals surface area contributed by atoms with Gasteiger partial charge < -0.3 is 14.9 Å². The Morgan fingerprint density at radius 1 is 1.14 bits per heavy atom. The maximum absolute atomic E-state index is 12.1. The van der Waals surface area contributed by atoms with Gasteiger partial charge in [0.05, 0.1) is 7.11 Å². The molecule has 0 aliphatic heterocycles. The summed E-state index contributed by atoms with van der Waals surface area (Å²) in [6.45, 7) is 0. The van der Waals surface area contributed by atoms with Gasteiger partial charge in [-0.15, -0.1) is 0 Å². The molecule has 0 radical (unpaired) electrons. The molecule has 0 heterocycles. The van der Waals surface area contributed by atoms with E-state index in [1.165, 1.54) is 7.11 Å². The summed E-state index contributed by atoms with van der Waals surface area (Å²) in [6.07, 6.45) is -1.44. The molecule has 0 aliphatic carbocycles. The fourth-order valence-electron chi connectivity index (χ4n) is 2.12. The van der Waals surface area contributed by atoms with Crippen molar-refractivity contribution in [2.75, 3.05) is 7.11 Å². The minimum absolute atomic E-state index is 0.271. The monoisotopic (exact) mass is 350 g/mol. The van der Waals surface area contributed by atoms with Gasteiger partial charge in [-0.2, -0.15) is 0 Å². The summed E-state index contributed by atoms with van der Waals surface area (Å²) in [7, 11) is 1.17. The van der Waals surface area contributed by atoms with E-state index in [2.05, 4.69) is 20.7 Å². The highest BCUT2D eigenvalue weighted by Crippen LogP contribution is 2.36. The van der Waals surface area contributed by atoms with Crippen molar-refractivity contribution in [3.8, 4) is 0 Å². The molecule has 2 rings (SSSR count). The van der Waals surface area contributed by atoms with Gasteiger partial charge in [0.25, 0.3) is 0 Å². The number of carbonyl (C=O) groups is 1. The molecule has 0 fully saturated rings. The van der Waals surface area contributed by atoms with E-state index >= 15 is 0 Å². The van der Waals surface area contributed by atoms with Crippen molar-refractivity contribution in [1.82, 2.24) is 0 Å². The van der Waals surface area contributed by atoms with Gasteiger partial charge in [0.15, 0.2) is 0 Å². The van der Waals surface area contributed by atoms with Gasteiger partial charge in [0.2, 0.25) is 5.60 Å². The summed E-state index contributed by atoms with van der Waals surface area (Å²) in [5, 5.41) is 21.3. The van der Waals surface area contributed by atoms with Crippen LogP contribution in [0.25, 0.3) is 0 Å². The van der Waals surface area contributed by atoms with Crippen LogP contribution in [0.2, 0.25) is 0 Å². The van der Waals surface area contributed by atoms with E-state index in [4.69, 9.17) is 0 Å². The molecule has 0 bridgehead atoms. The molecule has 5 heteroatoms. The highest BCUT2D eigenvalue weighted by atomic mass is 79.9. The van der Waals surface area contributed by atoms with E-state index in [1.54, 1.807) is 54.6 Å². The average molecular weight is 351 g/mol. The lowest BCUT2D eigenvalue weighted by molar-refractivity contribution is -0.178. The smallest absolute Gasteiger partial charge is 0.345 e. The van der Waals surface area contributed by atoms with Crippen LogP contribution in [-0.2, 0) is 15.1 Å². The van der Waals surface area contributed by atoms with E-state index in [0.29, 0.717) is 5.56 Å². The number of hydrogen-bond donors (Lipinski definition) is 2. The molecule has 2 N–H and O–H groups in total. The second-order valence-electron chi connectivity index (χ2n) is 4.58. The van der Waals surface area contributed by atoms with Crippen molar-refractivity contribution in [2.24, 2.45) is 0 Å². The number of carbonyl (C=O) groups excluding carboxylic acids is 1. The van der Waals surface area contributed by atoms with Crippen molar-refractivity contribution in [3.05, 3.63) is 70.2 Å². The van der Waals surface area contributed by atoms with Crippen LogP contribution in [0.15, 0.2) is 59.1 Å². The summed E-state index contributed by atoms with van der Waals surface area (Å²) < 4.78 is 5.51. The van der Waals surface area contributed by atoms with Crippen LogP contribution in [0, 0.1) is 0 Å². The maximum atomic E-state index is 12.1. The van der Waals surface area contributed by atoms with Crippen molar-refractivity contribution in [1.29, 1.82) is 0 Å². The molecular weight excluding hydrogens is 336 g/mol. The summed E-state index contributed by atoms with van der Waals surface area (Å²) in [4.78, 5) is 12.1. The molecule has 2 aromatic rings. The number of methoxy groups -OCH3 is 1. The van der Waals surface area contributed by atoms with Gasteiger partial charge in [-0.05, 0) is 23.3 Å². The van der Waals surface area contributed by atoms with Gasteiger partial charge in [0.1, 0.15) is 6.10 Å². The number of halogens is 1. The zero-order valence-corrected chi connectivity index (χ0v) is 12.9. The standard InChI is InChI=1S/C16H15BrO4/c1-21-15(19)16(20,12-5-3-2-4-6-12)14(18)11-7-9-13(17)10-8-11/h2-10,14,18,20H,1H3/t14-,16-/m1/s1. The first-order chi connectivity index (χ1) is 10.00. The van der Waals surface area contributed by atoms with Crippen LogP contribution in [0.1, 0.15) is 17.2 Å². The number of ether oxygens (including phenoxy) is 1. The predicted octanol–water partition coefficient (Wildman–Crippen LogP) is 2.54. The lowest BCUT2D eigenvalue weighted by Gasteiger charge is -2.31. The third kappa shape index (κ3) is 3.00. The summed E-state index contributed by atoms with van der Waals surface area (Å²) in [5.41, 5.74) is -1.48. The second kappa shape index (κ2) is 6.39. The molecule has 2 atom stereocenters. The van der Waals surface area contributed by atoms with Gasteiger partial charge in [-0.25, -0.2) is 4.79 Å². The molecule has 21 heavy (non-hydrogen) atoms. The number of rotatable bonds is 4. The first-order valence-electron chi connectivity index (χ1n) is 6.30. The highest BCUT2D eigenvalue weighted by Gasteiger charge is 2.47. The van der Waals surface area contributed by atoms with E-state index in [-0.39, 0.29) is 5.56 Å². The molecule has 0 saturated heterocycles. The molecule has 0 amide bonds. The van der Waals surface area contributed by atoms with Crippen LogP contribution < -0.4 is 0 Å². The van der Waals surface area contributed by atoms with Gasteiger partial charge >= 0.3 is 5.97 Å². The van der Waals surface area contributed by atoms with Crippen LogP contribution in [0.5, 0.6) is 0 Å².